The fourth-order valence-corrected chi connectivity index (χ4v) is 2.06. The van der Waals surface area contributed by atoms with Crippen molar-refractivity contribution in [1.82, 2.24) is 25.5 Å². The van der Waals surface area contributed by atoms with Gasteiger partial charge in [0.1, 0.15) is 6.54 Å². The number of carboxylic acid groups (broad SMARTS) is 1. The van der Waals surface area contributed by atoms with Gasteiger partial charge in [0, 0.05) is 6.54 Å². The highest BCUT2D eigenvalue weighted by Crippen LogP contribution is 2.19. The van der Waals surface area contributed by atoms with Crippen molar-refractivity contribution >= 4 is 23.6 Å². The van der Waals surface area contributed by atoms with E-state index in [0.29, 0.717) is 11.7 Å². The molecule has 0 aromatic carbocycles. The van der Waals surface area contributed by atoms with Crippen molar-refractivity contribution in [3.05, 3.63) is 0 Å². The standard InChI is InChI=1S/C10H17N5O3S/c1-3-4-5-11-9(18)7(2)19-10-12-13-14-15(10)6-8(16)17/h7H,3-6H2,1-2H3,(H,11,18)(H,16,17). The zero-order chi connectivity index (χ0) is 14.3. The van der Waals surface area contributed by atoms with Crippen LogP contribution >= 0.6 is 11.8 Å². The molecule has 1 amide bonds. The minimum absolute atomic E-state index is 0.108. The van der Waals surface area contributed by atoms with Crippen LogP contribution in [0.3, 0.4) is 0 Å². The molecule has 0 spiro atoms. The molecule has 0 aliphatic carbocycles. The first kappa shape index (κ1) is 15.4. The van der Waals surface area contributed by atoms with Gasteiger partial charge in [0.15, 0.2) is 0 Å². The number of nitrogens with zero attached hydrogens (tertiary/aromatic N) is 4. The maximum Gasteiger partial charge on any atom is 0.325 e. The average molecular weight is 287 g/mol. The lowest BCUT2D eigenvalue weighted by Gasteiger charge is -2.10. The molecule has 19 heavy (non-hydrogen) atoms. The quantitative estimate of drug-likeness (QED) is 0.517. The number of aromatic nitrogens is 4. The van der Waals surface area contributed by atoms with E-state index in [0.717, 1.165) is 29.3 Å². The number of tetrazole rings is 1. The molecule has 106 valence electrons. The van der Waals surface area contributed by atoms with E-state index in [1.807, 2.05) is 6.92 Å². The zero-order valence-electron chi connectivity index (χ0n) is 10.9. The normalized spacial score (nSPS) is 12.1. The second kappa shape index (κ2) is 7.72. The summed E-state index contributed by atoms with van der Waals surface area (Å²) in [4.78, 5) is 22.4. The van der Waals surface area contributed by atoms with E-state index in [2.05, 4.69) is 20.8 Å². The lowest BCUT2D eigenvalue weighted by Crippen LogP contribution is -2.31. The summed E-state index contributed by atoms with van der Waals surface area (Å²) in [6.45, 7) is 4.09. The fraction of sp³-hybridized carbons (Fsp3) is 0.700. The highest BCUT2D eigenvalue weighted by Gasteiger charge is 2.18. The van der Waals surface area contributed by atoms with Gasteiger partial charge in [-0.3, -0.25) is 9.59 Å². The van der Waals surface area contributed by atoms with E-state index in [4.69, 9.17) is 5.11 Å². The van der Waals surface area contributed by atoms with Gasteiger partial charge in [0.05, 0.1) is 5.25 Å². The highest BCUT2D eigenvalue weighted by molar-refractivity contribution is 8.00. The molecule has 1 aromatic heterocycles. The van der Waals surface area contributed by atoms with Gasteiger partial charge in [0.2, 0.25) is 11.1 Å². The number of carbonyl (C=O) groups is 2. The Morgan fingerprint density at radius 3 is 2.89 bits per heavy atom. The summed E-state index contributed by atoms with van der Waals surface area (Å²) < 4.78 is 1.16. The summed E-state index contributed by atoms with van der Waals surface area (Å²) in [5.74, 6) is -1.14. The molecule has 0 saturated heterocycles. The lowest BCUT2D eigenvalue weighted by atomic mass is 10.3. The molecule has 1 atom stereocenters. The molecule has 1 heterocycles. The Labute approximate surface area is 114 Å². The molecule has 1 rings (SSSR count). The summed E-state index contributed by atoms with van der Waals surface area (Å²) in [6.07, 6.45) is 1.94. The minimum Gasteiger partial charge on any atom is -0.480 e. The summed E-state index contributed by atoms with van der Waals surface area (Å²) in [7, 11) is 0. The summed E-state index contributed by atoms with van der Waals surface area (Å²) in [5.41, 5.74) is 0. The predicted molar refractivity (Wildman–Crippen MR) is 68.7 cm³/mol. The number of aliphatic carboxylic acids is 1. The molecule has 2 N–H and O–H groups in total. The van der Waals surface area contributed by atoms with Crippen LogP contribution in [0.25, 0.3) is 0 Å². The van der Waals surface area contributed by atoms with E-state index in [1.165, 1.54) is 0 Å². The topological polar surface area (TPSA) is 110 Å². The SMILES string of the molecule is CCCCNC(=O)C(C)Sc1nnnn1CC(=O)O. The van der Waals surface area contributed by atoms with Gasteiger partial charge in [-0.05, 0) is 23.8 Å². The van der Waals surface area contributed by atoms with Gasteiger partial charge in [-0.25, -0.2) is 4.68 Å². The number of hydrogen-bond acceptors (Lipinski definition) is 6. The molecular formula is C10H17N5O3S. The van der Waals surface area contributed by atoms with Crippen LogP contribution in [0.4, 0.5) is 0 Å². The third-order valence-corrected chi connectivity index (χ3v) is 3.34. The monoisotopic (exact) mass is 287 g/mol. The van der Waals surface area contributed by atoms with E-state index in [-0.39, 0.29) is 17.7 Å². The largest absolute Gasteiger partial charge is 0.480 e. The van der Waals surface area contributed by atoms with Crippen LogP contribution in [0.5, 0.6) is 0 Å². The van der Waals surface area contributed by atoms with Gasteiger partial charge in [-0.2, -0.15) is 0 Å². The van der Waals surface area contributed by atoms with Crippen LogP contribution in [-0.2, 0) is 16.1 Å². The number of carbonyl (C=O) groups excluding carboxylic acids is 1. The Morgan fingerprint density at radius 2 is 2.26 bits per heavy atom. The minimum atomic E-state index is -1.03. The highest BCUT2D eigenvalue weighted by atomic mass is 32.2. The first-order chi connectivity index (χ1) is 9.04. The number of unbranched alkanes of at least 4 members (excludes halogenated alkanes) is 1. The van der Waals surface area contributed by atoms with Crippen molar-refractivity contribution in [2.45, 2.75) is 43.6 Å². The van der Waals surface area contributed by atoms with Crippen molar-refractivity contribution in [2.75, 3.05) is 6.54 Å². The van der Waals surface area contributed by atoms with Gasteiger partial charge < -0.3 is 10.4 Å². The van der Waals surface area contributed by atoms with Gasteiger partial charge in [-0.1, -0.05) is 25.1 Å². The average Bonchev–Trinajstić information content (AvgIpc) is 2.76. The maximum absolute atomic E-state index is 11.8. The van der Waals surface area contributed by atoms with E-state index in [1.54, 1.807) is 6.92 Å². The third kappa shape index (κ3) is 5.25. The van der Waals surface area contributed by atoms with Crippen LogP contribution in [-0.4, -0.2) is 49.0 Å². The van der Waals surface area contributed by atoms with Gasteiger partial charge in [0.25, 0.3) is 0 Å². The number of hydrogen-bond donors (Lipinski definition) is 2. The molecule has 0 fully saturated rings. The van der Waals surface area contributed by atoms with Crippen molar-refractivity contribution in [1.29, 1.82) is 0 Å². The molecule has 1 aromatic rings. The molecular weight excluding hydrogens is 270 g/mol. The smallest absolute Gasteiger partial charge is 0.325 e. The lowest BCUT2D eigenvalue weighted by molar-refractivity contribution is -0.138. The van der Waals surface area contributed by atoms with Crippen LogP contribution < -0.4 is 5.32 Å². The van der Waals surface area contributed by atoms with Gasteiger partial charge in [-0.15, -0.1) is 5.10 Å². The fourth-order valence-electron chi connectivity index (χ4n) is 1.25. The van der Waals surface area contributed by atoms with Crippen LogP contribution in [0.1, 0.15) is 26.7 Å². The molecule has 0 bridgehead atoms. The molecule has 9 heteroatoms. The van der Waals surface area contributed by atoms with Crippen LogP contribution in [0.15, 0.2) is 5.16 Å². The summed E-state index contributed by atoms with van der Waals surface area (Å²) >= 11 is 1.14. The molecule has 0 aliphatic heterocycles. The number of thioether (sulfide) groups is 1. The van der Waals surface area contributed by atoms with Crippen LogP contribution in [0, 0.1) is 0 Å². The van der Waals surface area contributed by atoms with Crippen LogP contribution in [0.2, 0.25) is 0 Å². The van der Waals surface area contributed by atoms with E-state index < -0.39 is 5.97 Å². The maximum atomic E-state index is 11.8. The molecule has 0 saturated carbocycles. The molecule has 0 aliphatic rings. The summed E-state index contributed by atoms with van der Waals surface area (Å²) in [6, 6.07) is 0. The molecule has 0 radical (unpaired) electrons. The first-order valence-electron chi connectivity index (χ1n) is 5.97. The Kier molecular flexibility index (Phi) is 6.26. The van der Waals surface area contributed by atoms with Crippen molar-refractivity contribution in [3.63, 3.8) is 0 Å². The number of amides is 1. The number of carboxylic acids is 1. The molecule has 8 nitrogen and oxygen atoms in total. The second-order valence-corrected chi connectivity index (χ2v) is 5.23. The predicted octanol–water partition coefficient (Wildman–Crippen LogP) is 0.155. The summed E-state index contributed by atoms with van der Waals surface area (Å²) in [5, 5.41) is 22.1. The Hall–Kier alpha value is -1.64. The van der Waals surface area contributed by atoms with Crippen molar-refractivity contribution in [3.8, 4) is 0 Å². The van der Waals surface area contributed by atoms with E-state index in [9.17, 15) is 9.59 Å². The Balaban J connectivity index is 2.51. The first-order valence-corrected chi connectivity index (χ1v) is 6.85. The van der Waals surface area contributed by atoms with Crippen molar-refractivity contribution < 1.29 is 14.7 Å². The third-order valence-electron chi connectivity index (χ3n) is 2.27. The Bertz CT molecular complexity index is 437. The van der Waals surface area contributed by atoms with Crippen molar-refractivity contribution in [2.24, 2.45) is 0 Å². The number of rotatable bonds is 8. The second-order valence-electron chi connectivity index (χ2n) is 3.92. The zero-order valence-corrected chi connectivity index (χ0v) is 11.7. The molecule has 1 unspecified atom stereocenters. The Morgan fingerprint density at radius 1 is 1.53 bits per heavy atom. The van der Waals surface area contributed by atoms with E-state index >= 15 is 0 Å². The number of nitrogens with one attached hydrogen (secondary N) is 1. The van der Waals surface area contributed by atoms with Gasteiger partial charge >= 0.3 is 5.97 Å².